The summed E-state index contributed by atoms with van der Waals surface area (Å²) in [6.07, 6.45) is 0.341. The maximum absolute atomic E-state index is 12.5. The molecule has 1 amide bonds. The summed E-state index contributed by atoms with van der Waals surface area (Å²) >= 11 is 0. The number of carbonyl (C=O) groups excluding carboxylic acids is 2. The highest BCUT2D eigenvalue weighted by molar-refractivity contribution is 6.07. The minimum atomic E-state index is -0.844. The molecule has 0 saturated heterocycles. The Morgan fingerprint density at radius 3 is 2.54 bits per heavy atom. The zero-order chi connectivity index (χ0) is 16.5. The first-order chi connectivity index (χ1) is 11.7. The monoisotopic (exact) mass is 317 g/mol. The molecule has 4 heteroatoms. The highest BCUT2D eigenvalue weighted by Crippen LogP contribution is 2.34. The molecule has 1 aliphatic heterocycles. The third kappa shape index (κ3) is 2.52. The van der Waals surface area contributed by atoms with Crippen molar-refractivity contribution in [2.75, 3.05) is 5.32 Å². The van der Waals surface area contributed by atoms with Gasteiger partial charge in [0, 0.05) is 11.3 Å². The highest BCUT2D eigenvalue weighted by atomic mass is 16.5. The normalized spacial score (nSPS) is 16.3. The van der Waals surface area contributed by atoms with Gasteiger partial charge < -0.3 is 10.1 Å². The average Bonchev–Trinajstić information content (AvgIpc) is 2.61. The molecule has 0 spiro atoms. The molecule has 3 aromatic carbocycles. The van der Waals surface area contributed by atoms with Gasteiger partial charge in [0.15, 0.2) is 0 Å². The van der Waals surface area contributed by atoms with Crippen LogP contribution in [0.4, 0.5) is 5.69 Å². The molecule has 1 unspecified atom stereocenters. The van der Waals surface area contributed by atoms with Crippen LogP contribution in [0.15, 0.2) is 66.7 Å². The van der Waals surface area contributed by atoms with E-state index in [-0.39, 0.29) is 5.91 Å². The number of rotatable bonds is 2. The zero-order valence-corrected chi connectivity index (χ0v) is 12.9. The van der Waals surface area contributed by atoms with Crippen LogP contribution in [0.2, 0.25) is 0 Å². The summed E-state index contributed by atoms with van der Waals surface area (Å²) in [5.74, 6) is -1.15. The lowest BCUT2D eigenvalue weighted by Crippen LogP contribution is -2.37. The summed E-state index contributed by atoms with van der Waals surface area (Å²) < 4.78 is 5.41. The highest BCUT2D eigenvalue weighted by Gasteiger charge is 2.35. The Kier molecular flexibility index (Phi) is 3.50. The van der Waals surface area contributed by atoms with Crippen LogP contribution in [0.1, 0.15) is 5.56 Å². The van der Waals surface area contributed by atoms with Crippen LogP contribution in [0.5, 0.6) is 5.75 Å². The molecule has 3 aromatic rings. The number of hydrogen-bond acceptors (Lipinski definition) is 3. The molecule has 1 atom stereocenters. The molecule has 1 heterocycles. The molecule has 0 saturated carbocycles. The first-order valence-electron chi connectivity index (χ1n) is 7.80. The topological polar surface area (TPSA) is 55.4 Å². The van der Waals surface area contributed by atoms with Crippen LogP contribution in [0, 0.1) is 5.92 Å². The summed E-state index contributed by atoms with van der Waals surface area (Å²) in [6, 6.07) is 20.7. The number of esters is 1. The van der Waals surface area contributed by atoms with Crippen LogP contribution in [0.3, 0.4) is 0 Å². The number of amides is 1. The summed E-state index contributed by atoms with van der Waals surface area (Å²) in [4.78, 5) is 24.8. The van der Waals surface area contributed by atoms with E-state index in [9.17, 15) is 9.59 Å². The molecule has 0 fully saturated rings. The molecule has 4 rings (SSSR count). The summed E-state index contributed by atoms with van der Waals surface area (Å²) in [5, 5.41) is 4.86. The van der Waals surface area contributed by atoms with Crippen molar-refractivity contribution in [2.45, 2.75) is 6.42 Å². The molecule has 24 heavy (non-hydrogen) atoms. The third-order valence-corrected chi connectivity index (χ3v) is 4.26. The van der Waals surface area contributed by atoms with Crippen molar-refractivity contribution >= 4 is 28.3 Å². The van der Waals surface area contributed by atoms with Gasteiger partial charge >= 0.3 is 5.97 Å². The number of ether oxygens (including phenoxy) is 1. The molecule has 1 N–H and O–H groups in total. The van der Waals surface area contributed by atoms with Crippen molar-refractivity contribution in [3.05, 3.63) is 72.3 Å². The van der Waals surface area contributed by atoms with Crippen LogP contribution in [0.25, 0.3) is 10.8 Å². The maximum Gasteiger partial charge on any atom is 0.324 e. The Bertz CT molecular complexity index is 934. The molecule has 0 radical (unpaired) electrons. The minimum absolute atomic E-state index is 0.341. The smallest absolute Gasteiger partial charge is 0.324 e. The summed E-state index contributed by atoms with van der Waals surface area (Å²) in [5.41, 5.74) is 1.57. The van der Waals surface area contributed by atoms with Gasteiger partial charge in [0.2, 0.25) is 5.91 Å². The zero-order valence-electron chi connectivity index (χ0n) is 12.9. The van der Waals surface area contributed by atoms with Gasteiger partial charge in [-0.3, -0.25) is 9.59 Å². The van der Waals surface area contributed by atoms with Gasteiger partial charge in [-0.1, -0.05) is 48.5 Å². The van der Waals surface area contributed by atoms with Gasteiger partial charge in [0.05, 0.1) is 0 Å². The lowest BCUT2D eigenvalue weighted by molar-refractivity contribution is -0.144. The lowest BCUT2D eigenvalue weighted by Gasteiger charge is -2.24. The van der Waals surface area contributed by atoms with E-state index in [4.69, 9.17) is 4.74 Å². The number of carbonyl (C=O) groups is 2. The van der Waals surface area contributed by atoms with Gasteiger partial charge in [0.1, 0.15) is 11.7 Å². The van der Waals surface area contributed by atoms with Gasteiger partial charge in [-0.2, -0.15) is 0 Å². The van der Waals surface area contributed by atoms with Gasteiger partial charge in [-0.05, 0) is 35.4 Å². The Morgan fingerprint density at radius 2 is 1.71 bits per heavy atom. The van der Waals surface area contributed by atoms with E-state index < -0.39 is 11.9 Å². The largest absolute Gasteiger partial charge is 0.426 e. The molecular formula is C20H15NO3. The molecule has 0 bridgehead atoms. The van der Waals surface area contributed by atoms with E-state index in [2.05, 4.69) is 5.32 Å². The molecule has 118 valence electrons. The fourth-order valence-electron chi connectivity index (χ4n) is 3.04. The van der Waals surface area contributed by atoms with Gasteiger partial charge in [-0.25, -0.2) is 0 Å². The SMILES string of the molecule is O=C(Nc1ccccc1)C1Cc2c(ccc3ccccc23)OC1=O. The van der Waals surface area contributed by atoms with Crippen LogP contribution >= 0.6 is 0 Å². The number of benzene rings is 3. The van der Waals surface area contributed by atoms with Crippen molar-refractivity contribution in [3.8, 4) is 5.75 Å². The molecule has 4 nitrogen and oxygen atoms in total. The lowest BCUT2D eigenvalue weighted by atomic mass is 9.91. The minimum Gasteiger partial charge on any atom is -0.426 e. The van der Waals surface area contributed by atoms with Crippen LogP contribution in [-0.2, 0) is 16.0 Å². The Morgan fingerprint density at radius 1 is 0.958 bits per heavy atom. The fourth-order valence-corrected chi connectivity index (χ4v) is 3.04. The van der Waals surface area contributed by atoms with Crippen LogP contribution < -0.4 is 10.1 Å². The van der Waals surface area contributed by atoms with E-state index in [1.807, 2.05) is 48.5 Å². The second-order valence-electron chi connectivity index (χ2n) is 5.80. The van der Waals surface area contributed by atoms with Gasteiger partial charge in [0.25, 0.3) is 0 Å². The van der Waals surface area contributed by atoms with Crippen molar-refractivity contribution in [1.82, 2.24) is 0 Å². The number of para-hydroxylation sites is 1. The second kappa shape index (κ2) is 5.81. The first-order valence-corrected chi connectivity index (χ1v) is 7.80. The molecule has 0 aromatic heterocycles. The molecule has 0 aliphatic carbocycles. The fraction of sp³-hybridized carbons (Fsp3) is 0.100. The van der Waals surface area contributed by atoms with Gasteiger partial charge in [-0.15, -0.1) is 0 Å². The number of nitrogens with one attached hydrogen (secondary N) is 1. The van der Waals surface area contributed by atoms with Crippen LogP contribution in [-0.4, -0.2) is 11.9 Å². The Labute approximate surface area is 139 Å². The third-order valence-electron chi connectivity index (χ3n) is 4.26. The van der Waals surface area contributed by atoms with E-state index in [1.54, 1.807) is 18.2 Å². The van der Waals surface area contributed by atoms with Crippen molar-refractivity contribution in [2.24, 2.45) is 5.92 Å². The van der Waals surface area contributed by atoms with E-state index in [0.717, 1.165) is 16.3 Å². The van der Waals surface area contributed by atoms with Crippen molar-refractivity contribution in [3.63, 3.8) is 0 Å². The summed E-state index contributed by atoms with van der Waals surface area (Å²) in [7, 11) is 0. The Balaban J connectivity index is 1.66. The number of hydrogen-bond donors (Lipinski definition) is 1. The standard InChI is InChI=1S/C20H15NO3/c22-19(21-14-7-2-1-3-8-14)17-12-16-15-9-5-4-6-13(15)10-11-18(16)24-20(17)23/h1-11,17H,12H2,(H,21,22). The predicted molar refractivity (Wildman–Crippen MR) is 91.8 cm³/mol. The first kappa shape index (κ1) is 14.5. The number of fused-ring (bicyclic) bond motifs is 3. The predicted octanol–water partition coefficient (Wildman–Crippen LogP) is 3.56. The second-order valence-corrected chi connectivity index (χ2v) is 5.80. The van der Waals surface area contributed by atoms with E-state index >= 15 is 0 Å². The molecular weight excluding hydrogens is 302 g/mol. The van der Waals surface area contributed by atoms with Crippen molar-refractivity contribution < 1.29 is 14.3 Å². The Hall–Kier alpha value is -3.14. The quantitative estimate of drug-likeness (QED) is 0.447. The van der Waals surface area contributed by atoms with E-state index in [0.29, 0.717) is 17.9 Å². The summed E-state index contributed by atoms with van der Waals surface area (Å²) in [6.45, 7) is 0. The average molecular weight is 317 g/mol. The number of anilines is 1. The molecule has 1 aliphatic rings. The van der Waals surface area contributed by atoms with Crippen molar-refractivity contribution in [1.29, 1.82) is 0 Å². The van der Waals surface area contributed by atoms with E-state index in [1.165, 1.54) is 0 Å². The maximum atomic E-state index is 12.5.